The van der Waals surface area contributed by atoms with Gasteiger partial charge in [0.2, 0.25) is 16.7 Å². The molecule has 2 heterocycles. The standard InChI is InChI=1S/C23H24N4O4S/c1-15-9-11-18(12-10-15)31-14-6-13-26-20-8-5-4-7-19(20)23(21(26)30)27(17(3)29)25-22(32-23)24-16(2)28/h4-5,7-12H,6,13-14H2,1-3H3,(H,24,25,28)/t23-/m0/s1. The van der Waals surface area contributed by atoms with E-state index in [1.165, 1.54) is 18.9 Å². The Bertz CT molecular complexity index is 1100. The van der Waals surface area contributed by atoms with Gasteiger partial charge in [0.25, 0.3) is 5.91 Å². The van der Waals surface area contributed by atoms with Crippen molar-refractivity contribution in [2.75, 3.05) is 18.1 Å². The maximum Gasteiger partial charge on any atom is 0.270 e. The number of ether oxygens (including phenoxy) is 1. The summed E-state index contributed by atoms with van der Waals surface area (Å²) in [7, 11) is 0. The molecule has 0 saturated heterocycles. The number of amides is 3. The molecule has 9 heteroatoms. The van der Waals surface area contributed by atoms with Crippen LogP contribution in [0.1, 0.15) is 31.4 Å². The normalized spacial score (nSPS) is 19.2. The summed E-state index contributed by atoms with van der Waals surface area (Å²) in [4.78, 5) is 38.0. The number of nitrogens with one attached hydrogen (secondary N) is 1. The lowest BCUT2D eigenvalue weighted by molar-refractivity contribution is -0.139. The van der Waals surface area contributed by atoms with E-state index in [9.17, 15) is 14.4 Å². The quantitative estimate of drug-likeness (QED) is 0.705. The largest absolute Gasteiger partial charge is 0.494 e. The fourth-order valence-electron chi connectivity index (χ4n) is 3.83. The lowest BCUT2D eigenvalue weighted by Crippen LogP contribution is -2.48. The number of fused-ring (bicyclic) bond motifs is 2. The monoisotopic (exact) mass is 452 g/mol. The maximum atomic E-state index is 13.7. The fourth-order valence-corrected chi connectivity index (χ4v) is 5.17. The van der Waals surface area contributed by atoms with E-state index in [4.69, 9.17) is 4.74 Å². The number of nitrogens with zero attached hydrogens (tertiary/aromatic N) is 3. The van der Waals surface area contributed by atoms with Crippen molar-refractivity contribution in [2.24, 2.45) is 5.10 Å². The third kappa shape index (κ3) is 3.84. The number of anilines is 1. The molecule has 1 N–H and O–H groups in total. The molecule has 1 atom stereocenters. The van der Waals surface area contributed by atoms with E-state index in [0.717, 1.165) is 28.8 Å². The van der Waals surface area contributed by atoms with Crippen LogP contribution in [0.15, 0.2) is 53.6 Å². The lowest BCUT2D eigenvalue weighted by Gasteiger charge is -2.29. The molecule has 32 heavy (non-hydrogen) atoms. The van der Waals surface area contributed by atoms with Gasteiger partial charge in [0, 0.05) is 26.0 Å². The molecule has 2 aliphatic heterocycles. The van der Waals surface area contributed by atoms with Gasteiger partial charge >= 0.3 is 0 Å². The average Bonchev–Trinajstić information content (AvgIpc) is 3.24. The van der Waals surface area contributed by atoms with Gasteiger partial charge in [-0.3, -0.25) is 14.4 Å². The molecule has 0 fully saturated rings. The first-order chi connectivity index (χ1) is 15.3. The Kier molecular flexibility index (Phi) is 5.92. The van der Waals surface area contributed by atoms with Crippen LogP contribution in [-0.2, 0) is 19.3 Å². The molecule has 0 aromatic heterocycles. The minimum absolute atomic E-state index is 0.223. The van der Waals surface area contributed by atoms with E-state index in [0.29, 0.717) is 25.1 Å². The van der Waals surface area contributed by atoms with Crippen molar-refractivity contribution < 1.29 is 19.1 Å². The van der Waals surface area contributed by atoms with Crippen LogP contribution in [-0.4, -0.2) is 41.0 Å². The third-order valence-electron chi connectivity index (χ3n) is 5.23. The highest BCUT2D eigenvalue weighted by Gasteiger charge is 2.60. The molecule has 0 unspecified atom stereocenters. The van der Waals surface area contributed by atoms with Crippen molar-refractivity contribution in [3.8, 4) is 5.75 Å². The van der Waals surface area contributed by atoms with E-state index in [-0.39, 0.29) is 22.9 Å². The van der Waals surface area contributed by atoms with Crippen LogP contribution in [0.2, 0.25) is 0 Å². The zero-order chi connectivity index (χ0) is 22.9. The summed E-state index contributed by atoms with van der Waals surface area (Å²) in [5.41, 5.74) is 2.56. The molecule has 1 spiro atoms. The summed E-state index contributed by atoms with van der Waals surface area (Å²) in [6.07, 6.45) is 0.605. The number of thioether (sulfide) groups is 1. The van der Waals surface area contributed by atoms with Crippen LogP contribution in [0, 0.1) is 6.92 Å². The smallest absolute Gasteiger partial charge is 0.270 e. The van der Waals surface area contributed by atoms with E-state index < -0.39 is 4.87 Å². The van der Waals surface area contributed by atoms with Crippen LogP contribution in [0.25, 0.3) is 0 Å². The topological polar surface area (TPSA) is 91.3 Å². The van der Waals surface area contributed by atoms with Gasteiger partial charge < -0.3 is 15.0 Å². The molecule has 2 aromatic rings. The van der Waals surface area contributed by atoms with Crippen LogP contribution in [0.4, 0.5) is 5.69 Å². The minimum atomic E-state index is -1.36. The summed E-state index contributed by atoms with van der Waals surface area (Å²) in [6, 6.07) is 15.2. The second-order valence-electron chi connectivity index (χ2n) is 7.65. The van der Waals surface area contributed by atoms with Crippen molar-refractivity contribution in [1.82, 2.24) is 10.3 Å². The van der Waals surface area contributed by atoms with Crippen molar-refractivity contribution >= 4 is 40.3 Å². The Hall–Kier alpha value is -3.33. The predicted octanol–water partition coefficient (Wildman–Crippen LogP) is 2.97. The van der Waals surface area contributed by atoms with Gasteiger partial charge in [-0.2, -0.15) is 5.01 Å². The molecule has 0 radical (unpaired) electrons. The van der Waals surface area contributed by atoms with Crippen LogP contribution in [0.3, 0.4) is 0 Å². The second-order valence-corrected chi connectivity index (χ2v) is 8.83. The van der Waals surface area contributed by atoms with Crippen LogP contribution >= 0.6 is 11.8 Å². The average molecular weight is 453 g/mol. The van der Waals surface area contributed by atoms with Gasteiger partial charge in [0.05, 0.1) is 12.3 Å². The first kappa shape index (κ1) is 21.9. The van der Waals surface area contributed by atoms with Gasteiger partial charge in [-0.15, -0.1) is 5.10 Å². The Morgan fingerprint density at radius 3 is 2.53 bits per heavy atom. The first-order valence-electron chi connectivity index (χ1n) is 10.3. The highest BCUT2D eigenvalue weighted by atomic mass is 32.2. The molecular formula is C23H24N4O4S. The van der Waals surface area contributed by atoms with E-state index >= 15 is 0 Å². The number of benzene rings is 2. The number of hydrogen-bond donors (Lipinski definition) is 1. The predicted molar refractivity (Wildman–Crippen MR) is 123 cm³/mol. The molecule has 2 aromatic carbocycles. The number of aryl methyl sites for hydroxylation is 1. The molecule has 0 saturated carbocycles. The van der Waals surface area contributed by atoms with Crippen molar-refractivity contribution in [3.05, 3.63) is 59.7 Å². The zero-order valence-corrected chi connectivity index (χ0v) is 18.9. The Morgan fingerprint density at radius 1 is 1.12 bits per heavy atom. The molecule has 0 aliphatic carbocycles. The van der Waals surface area contributed by atoms with Crippen molar-refractivity contribution in [1.29, 1.82) is 0 Å². The van der Waals surface area contributed by atoms with Gasteiger partial charge in [0.15, 0.2) is 5.17 Å². The highest BCUT2D eigenvalue weighted by Crippen LogP contribution is 2.54. The van der Waals surface area contributed by atoms with E-state index in [1.807, 2.05) is 55.5 Å². The van der Waals surface area contributed by atoms with Crippen molar-refractivity contribution in [2.45, 2.75) is 32.1 Å². The molecule has 2 aliphatic rings. The van der Waals surface area contributed by atoms with Gasteiger partial charge in [-0.25, -0.2) is 0 Å². The maximum absolute atomic E-state index is 13.7. The Balaban J connectivity index is 1.55. The molecule has 4 rings (SSSR count). The SMILES string of the molecule is CC(=O)NC1=NN(C(C)=O)[C@@]2(S1)C(=O)N(CCCOc1ccc(C)cc1)c1ccccc12. The molecule has 166 valence electrons. The third-order valence-corrected chi connectivity index (χ3v) is 6.47. The van der Waals surface area contributed by atoms with Crippen LogP contribution < -0.4 is 15.0 Å². The zero-order valence-electron chi connectivity index (χ0n) is 18.1. The molecule has 3 amide bonds. The summed E-state index contributed by atoms with van der Waals surface area (Å²) in [5.74, 6) is -0.188. The van der Waals surface area contributed by atoms with Gasteiger partial charge in [-0.1, -0.05) is 35.9 Å². The minimum Gasteiger partial charge on any atom is -0.494 e. The second kappa shape index (κ2) is 8.66. The Labute approximate surface area is 190 Å². The van der Waals surface area contributed by atoms with Crippen molar-refractivity contribution in [3.63, 3.8) is 0 Å². The number of hydrogen-bond acceptors (Lipinski definition) is 6. The number of rotatable bonds is 5. The fraction of sp³-hybridized carbons (Fsp3) is 0.304. The molecular weight excluding hydrogens is 428 g/mol. The first-order valence-corrected chi connectivity index (χ1v) is 11.1. The highest BCUT2D eigenvalue weighted by molar-refractivity contribution is 8.15. The number of hydrazone groups is 1. The number of carbonyl (C=O) groups excluding carboxylic acids is 3. The van der Waals surface area contributed by atoms with E-state index in [2.05, 4.69) is 10.4 Å². The summed E-state index contributed by atoms with van der Waals surface area (Å²) < 4.78 is 5.80. The summed E-state index contributed by atoms with van der Waals surface area (Å²) in [5, 5.41) is 8.25. The number of carbonyl (C=O) groups is 3. The van der Waals surface area contributed by atoms with Gasteiger partial charge in [0.1, 0.15) is 5.75 Å². The summed E-state index contributed by atoms with van der Waals surface area (Å²) >= 11 is 1.08. The number of para-hydroxylation sites is 1. The number of amidine groups is 1. The Morgan fingerprint density at radius 2 is 1.84 bits per heavy atom. The van der Waals surface area contributed by atoms with E-state index in [1.54, 1.807) is 4.90 Å². The van der Waals surface area contributed by atoms with Gasteiger partial charge in [-0.05, 0) is 43.3 Å². The molecule has 0 bridgehead atoms. The van der Waals surface area contributed by atoms with Crippen LogP contribution in [0.5, 0.6) is 5.75 Å². The molecule has 8 nitrogen and oxygen atoms in total. The summed E-state index contributed by atoms with van der Waals surface area (Å²) in [6.45, 7) is 5.60. The lowest BCUT2D eigenvalue weighted by atomic mass is 10.1.